The molecule has 2 atom stereocenters. The SMILES string of the molecule is CCn1cc(NC(C)C2CCOC2)ccc1=O. The van der Waals surface area contributed by atoms with E-state index in [2.05, 4.69) is 12.2 Å². The van der Waals surface area contributed by atoms with E-state index in [9.17, 15) is 4.79 Å². The van der Waals surface area contributed by atoms with Crippen LogP contribution in [0, 0.1) is 5.92 Å². The highest BCUT2D eigenvalue weighted by atomic mass is 16.5. The van der Waals surface area contributed by atoms with Gasteiger partial charge in [-0.25, -0.2) is 0 Å². The first-order valence-corrected chi connectivity index (χ1v) is 6.25. The molecule has 1 saturated heterocycles. The van der Waals surface area contributed by atoms with E-state index in [0.717, 1.165) is 25.3 Å². The molecule has 2 unspecified atom stereocenters. The molecule has 2 rings (SSSR count). The van der Waals surface area contributed by atoms with E-state index in [1.165, 1.54) is 0 Å². The molecule has 0 amide bonds. The molecule has 0 bridgehead atoms. The maximum Gasteiger partial charge on any atom is 0.250 e. The summed E-state index contributed by atoms with van der Waals surface area (Å²) < 4.78 is 7.09. The van der Waals surface area contributed by atoms with Gasteiger partial charge in [-0.2, -0.15) is 0 Å². The maximum absolute atomic E-state index is 11.5. The van der Waals surface area contributed by atoms with Crippen molar-refractivity contribution in [2.45, 2.75) is 32.9 Å². The van der Waals surface area contributed by atoms with Gasteiger partial charge < -0.3 is 14.6 Å². The minimum Gasteiger partial charge on any atom is -0.381 e. The fraction of sp³-hybridized carbons (Fsp3) is 0.615. The van der Waals surface area contributed by atoms with Gasteiger partial charge in [-0.3, -0.25) is 4.79 Å². The van der Waals surface area contributed by atoms with Crippen molar-refractivity contribution in [2.75, 3.05) is 18.5 Å². The Morgan fingerprint density at radius 1 is 1.59 bits per heavy atom. The lowest BCUT2D eigenvalue weighted by atomic mass is 10.0. The van der Waals surface area contributed by atoms with Crippen LogP contribution >= 0.6 is 0 Å². The molecular formula is C13H20N2O2. The quantitative estimate of drug-likeness (QED) is 0.865. The summed E-state index contributed by atoms with van der Waals surface area (Å²) in [6, 6.07) is 3.84. The molecule has 1 aromatic rings. The summed E-state index contributed by atoms with van der Waals surface area (Å²) >= 11 is 0. The van der Waals surface area contributed by atoms with E-state index in [0.29, 0.717) is 18.5 Å². The molecule has 1 aliphatic heterocycles. The highest BCUT2D eigenvalue weighted by Gasteiger charge is 2.22. The van der Waals surface area contributed by atoms with E-state index in [1.54, 1.807) is 10.6 Å². The monoisotopic (exact) mass is 236 g/mol. The number of anilines is 1. The summed E-state index contributed by atoms with van der Waals surface area (Å²) in [5, 5.41) is 3.45. The third-order valence-corrected chi connectivity index (χ3v) is 3.39. The molecule has 1 fully saturated rings. The summed E-state index contributed by atoms with van der Waals surface area (Å²) in [5.74, 6) is 0.567. The van der Waals surface area contributed by atoms with Crippen LogP contribution in [0.25, 0.3) is 0 Å². The van der Waals surface area contributed by atoms with Crippen molar-refractivity contribution in [3.63, 3.8) is 0 Å². The second kappa shape index (κ2) is 5.36. The van der Waals surface area contributed by atoms with Gasteiger partial charge in [-0.1, -0.05) is 0 Å². The van der Waals surface area contributed by atoms with Gasteiger partial charge in [0.25, 0.3) is 5.56 Å². The van der Waals surface area contributed by atoms with E-state index in [4.69, 9.17) is 4.74 Å². The Balaban J connectivity index is 2.04. The average molecular weight is 236 g/mol. The number of aromatic nitrogens is 1. The van der Waals surface area contributed by atoms with E-state index < -0.39 is 0 Å². The van der Waals surface area contributed by atoms with Crippen LogP contribution in [-0.2, 0) is 11.3 Å². The molecule has 0 aliphatic carbocycles. The van der Waals surface area contributed by atoms with Crippen molar-refractivity contribution in [3.05, 3.63) is 28.7 Å². The van der Waals surface area contributed by atoms with E-state index >= 15 is 0 Å². The smallest absolute Gasteiger partial charge is 0.250 e. The number of nitrogens with one attached hydrogen (secondary N) is 1. The molecule has 4 heteroatoms. The molecule has 0 saturated carbocycles. The molecule has 1 N–H and O–H groups in total. The van der Waals surface area contributed by atoms with Crippen LogP contribution in [0.1, 0.15) is 20.3 Å². The zero-order chi connectivity index (χ0) is 12.3. The molecular weight excluding hydrogens is 216 g/mol. The third-order valence-electron chi connectivity index (χ3n) is 3.39. The van der Waals surface area contributed by atoms with Crippen LogP contribution in [0.5, 0.6) is 0 Å². The average Bonchev–Trinajstić information content (AvgIpc) is 2.85. The number of hydrogen-bond acceptors (Lipinski definition) is 3. The summed E-state index contributed by atoms with van der Waals surface area (Å²) in [6.45, 7) is 6.54. The predicted molar refractivity (Wildman–Crippen MR) is 68.4 cm³/mol. The maximum atomic E-state index is 11.5. The number of pyridine rings is 1. The highest BCUT2D eigenvalue weighted by Crippen LogP contribution is 2.19. The van der Waals surface area contributed by atoms with Gasteiger partial charge in [0, 0.05) is 37.4 Å². The lowest BCUT2D eigenvalue weighted by Crippen LogP contribution is -2.27. The van der Waals surface area contributed by atoms with Crippen molar-refractivity contribution in [3.8, 4) is 0 Å². The minimum atomic E-state index is 0.0508. The molecule has 4 nitrogen and oxygen atoms in total. The zero-order valence-electron chi connectivity index (χ0n) is 10.5. The Morgan fingerprint density at radius 3 is 3.06 bits per heavy atom. The van der Waals surface area contributed by atoms with Crippen molar-refractivity contribution >= 4 is 5.69 Å². The molecule has 17 heavy (non-hydrogen) atoms. The molecule has 0 radical (unpaired) electrons. The number of hydrogen-bond donors (Lipinski definition) is 1. The number of rotatable bonds is 4. The summed E-state index contributed by atoms with van der Waals surface area (Å²) in [4.78, 5) is 11.5. The first-order chi connectivity index (χ1) is 8.20. The molecule has 1 aromatic heterocycles. The Bertz CT molecular complexity index is 422. The van der Waals surface area contributed by atoms with Gasteiger partial charge in [0.05, 0.1) is 12.3 Å². The van der Waals surface area contributed by atoms with Crippen molar-refractivity contribution in [2.24, 2.45) is 5.92 Å². The highest BCUT2D eigenvalue weighted by molar-refractivity contribution is 5.41. The molecule has 1 aliphatic rings. The fourth-order valence-corrected chi connectivity index (χ4v) is 2.19. The first-order valence-electron chi connectivity index (χ1n) is 6.25. The number of nitrogens with zero attached hydrogens (tertiary/aromatic N) is 1. The van der Waals surface area contributed by atoms with Gasteiger partial charge in [-0.05, 0) is 26.3 Å². The summed E-state index contributed by atoms with van der Waals surface area (Å²) in [6.07, 6.45) is 3.00. The van der Waals surface area contributed by atoms with E-state index in [-0.39, 0.29) is 5.56 Å². The van der Waals surface area contributed by atoms with Crippen LogP contribution in [0.2, 0.25) is 0 Å². The van der Waals surface area contributed by atoms with Crippen LogP contribution in [-0.4, -0.2) is 23.8 Å². The Kier molecular flexibility index (Phi) is 3.84. The topological polar surface area (TPSA) is 43.3 Å². The fourth-order valence-electron chi connectivity index (χ4n) is 2.19. The minimum absolute atomic E-state index is 0.0508. The zero-order valence-corrected chi connectivity index (χ0v) is 10.5. The van der Waals surface area contributed by atoms with Gasteiger partial charge in [-0.15, -0.1) is 0 Å². The second-order valence-electron chi connectivity index (χ2n) is 4.60. The third kappa shape index (κ3) is 2.88. The van der Waals surface area contributed by atoms with Gasteiger partial charge in [0.2, 0.25) is 0 Å². The van der Waals surface area contributed by atoms with Crippen LogP contribution < -0.4 is 10.9 Å². The largest absolute Gasteiger partial charge is 0.381 e. The lowest BCUT2D eigenvalue weighted by molar-refractivity contribution is 0.183. The van der Waals surface area contributed by atoms with Crippen molar-refractivity contribution < 1.29 is 4.74 Å². The molecule has 0 aromatic carbocycles. The van der Waals surface area contributed by atoms with E-state index in [1.807, 2.05) is 19.2 Å². The normalized spacial score (nSPS) is 21.4. The Labute approximate surface area is 102 Å². The second-order valence-corrected chi connectivity index (χ2v) is 4.60. The Morgan fingerprint density at radius 2 is 2.41 bits per heavy atom. The summed E-state index contributed by atoms with van der Waals surface area (Å²) in [7, 11) is 0. The van der Waals surface area contributed by atoms with Crippen LogP contribution in [0.3, 0.4) is 0 Å². The van der Waals surface area contributed by atoms with Gasteiger partial charge in [0.15, 0.2) is 0 Å². The number of ether oxygens (including phenoxy) is 1. The molecule has 2 heterocycles. The van der Waals surface area contributed by atoms with Crippen LogP contribution in [0.4, 0.5) is 5.69 Å². The molecule has 94 valence electrons. The van der Waals surface area contributed by atoms with Crippen LogP contribution in [0.15, 0.2) is 23.1 Å². The van der Waals surface area contributed by atoms with Gasteiger partial charge in [0.1, 0.15) is 0 Å². The standard InChI is InChI=1S/C13H20N2O2/c1-3-15-8-12(4-5-13(15)16)14-10(2)11-6-7-17-9-11/h4-5,8,10-11,14H,3,6-7,9H2,1-2H3. The number of aryl methyl sites for hydroxylation is 1. The lowest BCUT2D eigenvalue weighted by Gasteiger charge is -2.20. The Hall–Kier alpha value is -1.29. The molecule has 0 spiro atoms. The predicted octanol–water partition coefficient (Wildman–Crippen LogP) is 1.71. The van der Waals surface area contributed by atoms with Gasteiger partial charge >= 0.3 is 0 Å². The first kappa shape index (κ1) is 12.2. The summed E-state index contributed by atoms with van der Waals surface area (Å²) in [5.41, 5.74) is 1.06. The van der Waals surface area contributed by atoms with Crippen molar-refractivity contribution in [1.82, 2.24) is 4.57 Å². The van der Waals surface area contributed by atoms with Crippen molar-refractivity contribution in [1.29, 1.82) is 0 Å².